The number of hydrogen-bond acceptors (Lipinski definition) is 10. The molecule has 3 aliphatic rings. The summed E-state index contributed by atoms with van der Waals surface area (Å²) in [6, 6.07) is 14.1. The molecule has 0 radical (unpaired) electrons. The minimum absolute atomic E-state index is 0.0497. The first kappa shape index (κ1) is 36.8. The number of ether oxygens (including phenoxy) is 1. The van der Waals surface area contributed by atoms with E-state index in [4.69, 9.17) is 9.72 Å². The van der Waals surface area contributed by atoms with Crippen LogP contribution in [0.2, 0.25) is 0 Å². The average molecular weight is 745 g/mol. The summed E-state index contributed by atoms with van der Waals surface area (Å²) in [6.45, 7) is 11.4. The Kier molecular flexibility index (Phi) is 10.5. The molecule has 14 nitrogen and oxygen atoms in total. The molecule has 0 aliphatic carbocycles. The number of likely N-dealkylation sites (N-methyl/N-ethyl adjacent to an activating group) is 1. The Labute approximate surface area is 309 Å². The van der Waals surface area contributed by atoms with Gasteiger partial charge in [-0.05, 0) is 37.3 Å². The van der Waals surface area contributed by atoms with Gasteiger partial charge in [0.25, 0.3) is 11.8 Å². The van der Waals surface area contributed by atoms with Gasteiger partial charge < -0.3 is 15.4 Å². The Morgan fingerprint density at radius 2 is 1.76 bits per heavy atom. The average Bonchev–Trinajstić information content (AvgIpc) is 3.58. The molecule has 0 saturated carbocycles. The van der Waals surface area contributed by atoms with Crippen LogP contribution >= 0.6 is 0 Å². The second kappa shape index (κ2) is 15.5. The normalized spacial score (nSPS) is 19.6. The van der Waals surface area contributed by atoms with E-state index in [2.05, 4.69) is 42.1 Å². The molecule has 4 aromatic rings. The number of carbonyl (C=O) groups excluding carboxylic acids is 3. The molecular weight excluding hydrogens is 705 g/mol. The molecule has 1 aromatic carbocycles. The zero-order valence-electron chi connectivity index (χ0n) is 29.5. The summed E-state index contributed by atoms with van der Waals surface area (Å²) < 4.78 is 47.3. The molecule has 0 spiro atoms. The number of fused-ring (bicyclic) bond motifs is 1. The van der Waals surface area contributed by atoms with Crippen LogP contribution in [-0.4, -0.2) is 117 Å². The number of hydrogen-bond donors (Lipinski definition) is 2. The fourth-order valence-corrected chi connectivity index (χ4v) is 6.94. The van der Waals surface area contributed by atoms with Crippen molar-refractivity contribution in [3.8, 4) is 5.69 Å². The number of piperazine rings is 1. The van der Waals surface area contributed by atoms with Crippen LogP contribution in [0.25, 0.3) is 5.69 Å². The Morgan fingerprint density at radius 3 is 2.44 bits per heavy atom. The van der Waals surface area contributed by atoms with E-state index in [1.807, 2.05) is 30.3 Å². The first-order valence-corrected chi connectivity index (χ1v) is 17.6. The van der Waals surface area contributed by atoms with Crippen LogP contribution in [0, 0.1) is 0 Å². The number of amides is 3. The standard InChI is InChI=1S/C37H39F3N10O4/c1-3-49-35-27(19-43-50(35)25-9-5-4-6-10-25)30(31(36(49)53)46-34(52)32-41-13-12-29(45-32)37(38,39)40)28-11-7-8-24(44-28)18-42-33(51)23(2)20-47-14-16-48(17-15-47)26-21-54-22-26/h4-13,19,26,30-31H,2-3,14-18,20-22H2,1H3,(H,42,51)(H,46,52)/t30-,31?/m0/s1. The van der Waals surface area contributed by atoms with E-state index < -0.39 is 41.5 Å². The lowest BCUT2D eigenvalue weighted by atomic mass is 9.85. The first-order chi connectivity index (χ1) is 26.0. The van der Waals surface area contributed by atoms with E-state index in [0.29, 0.717) is 52.7 Å². The van der Waals surface area contributed by atoms with E-state index in [1.165, 1.54) is 4.90 Å². The number of alkyl halides is 3. The van der Waals surface area contributed by atoms with Gasteiger partial charge in [-0.2, -0.15) is 18.3 Å². The molecule has 2 fully saturated rings. The van der Waals surface area contributed by atoms with Crippen molar-refractivity contribution in [3.05, 3.63) is 108 Å². The van der Waals surface area contributed by atoms with Crippen LogP contribution in [0.4, 0.5) is 19.0 Å². The molecule has 2 saturated heterocycles. The maximum atomic E-state index is 14.3. The predicted octanol–water partition coefficient (Wildman–Crippen LogP) is 2.56. The minimum Gasteiger partial charge on any atom is -0.378 e. The lowest BCUT2D eigenvalue weighted by Gasteiger charge is -2.42. The number of rotatable bonds is 11. The highest BCUT2D eigenvalue weighted by atomic mass is 19.4. The highest BCUT2D eigenvalue weighted by molar-refractivity contribution is 6.04. The molecule has 7 rings (SSSR count). The van der Waals surface area contributed by atoms with Crippen LogP contribution in [0.3, 0.4) is 0 Å². The molecular formula is C37H39F3N10O4. The second-order valence-corrected chi connectivity index (χ2v) is 13.3. The van der Waals surface area contributed by atoms with Gasteiger partial charge in [0, 0.05) is 56.6 Å². The monoisotopic (exact) mass is 744 g/mol. The summed E-state index contributed by atoms with van der Waals surface area (Å²) >= 11 is 0. The summed E-state index contributed by atoms with van der Waals surface area (Å²) in [6.07, 6.45) is -2.39. The molecule has 0 bridgehead atoms. The number of carbonyl (C=O) groups is 3. The molecule has 54 heavy (non-hydrogen) atoms. The number of anilines is 1. The summed E-state index contributed by atoms with van der Waals surface area (Å²) in [5.41, 5.74) is 1.19. The van der Waals surface area contributed by atoms with Crippen molar-refractivity contribution in [1.29, 1.82) is 0 Å². The third-order valence-electron chi connectivity index (χ3n) is 9.84. The van der Waals surface area contributed by atoms with Crippen LogP contribution in [0.5, 0.6) is 0 Å². The van der Waals surface area contributed by atoms with Gasteiger partial charge in [-0.25, -0.2) is 14.6 Å². The molecule has 3 amide bonds. The Bertz CT molecular complexity index is 2030. The van der Waals surface area contributed by atoms with Crippen molar-refractivity contribution >= 4 is 23.5 Å². The molecule has 3 aliphatic heterocycles. The van der Waals surface area contributed by atoms with Gasteiger partial charge in [0.2, 0.25) is 11.7 Å². The fourth-order valence-electron chi connectivity index (χ4n) is 6.94. The van der Waals surface area contributed by atoms with Gasteiger partial charge >= 0.3 is 6.18 Å². The third-order valence-corrected chi connectivity index (χ3v) is 9.84. The van der Waals surface area contributed by atoms with E-state index in [9.17, 15) is 27.6 Å². The SMILES string of the molecule is C=C(CN1CCN(C2COC2)CC1)C(=O)NCc1cccc([C@@H]2c3cnn(-c4ccccc4)c3N(CC)C(=O)C2NC(=O)c2nccc(C(F)(F)F)n2)n1. The predicted molar refractivity (Wildman–Crippen MR) is 190 cm³/mol. The number of pyridine rings is 1. The largest absolute Gasteiger partial charge is 0.433 e. The van der Waals surface area contributed by atoms with Crippen molar-refractivity contribution < 1.29 is 32.3 Å². The van der Waals surface area contributed by atoms with Crippen molar-refractivity contribution in [2.75, 3.05) is 57.4 Å². The van der Waals surface area contributed by atoms with E-state index in [0.717, 1.165) is 45.6 Å². The van der Waals surface area contributed by atoms with Crippen molar-refractivity contribution in [3.63, 3.8) is 0 Å². The van der Waals surface area contributed by atoms with Gasteiger partial charge in [0.1, 0.15) is 17.6 Å². The molecule has 2 atom stereocenters. The highest BCUT2D eigenvalue weighted by Gasteiger charge is 2.45. The maximum Gasteiger partial charge on any atom is 0.433 e. The third kappa shape index (κ3) is 7.60. The van der Waals surface area contributed by atoms with Crippen LogP contribution < -0.4 is 15.5 Å². The number of halogens is 3. The zero-order valence-corrected chi connectivity index (χ0v) is 29.5. The summed E-state index contributed by atoms with van der Waals surface area (Å²) in [4.78, 5) is 59.0. The quantitative estimate of drug-likeness (QED) is 0.220. The highest BCUT2D eigenvalue weighted by Crippen LogP contribution is 2.41. The number of nitrogens with one attached hydrogen (secondary N) is 2. The van der Waals surface area contributed by atoms with Gasteiger partial charge in [-0.1, -0.05) is 30.8 Å². The fraction of sp³-hybridized carbons (Fsp3) is 0.378. The van der Waals surface area contributed by atoms with Crippen molar-refractivity contribution in [1.82, 2.24) is 45.2 Å². The van der Waals surface area contributed by atoms with Crippen molar-refractivity contribution in [2.24, 2.45) is 0 Å². The number of nitrogens with zero attached hydrogens (tertiary/aromatic N) is 8. The number of aromatic nitrogens is 5. The Hall–Kier alpha value is -5.52. The summed E-state index contributed by atoms with van der Waals surface area (Å²) in [5.74, 6) is -3.14. The summed E-state index contributed by atoms with van der Waals surface area (Å²) in [5, 5.41) is 10.1. The Balaban J connectivity index is 1.13. The van der Waals surface area contributed by atoms with Gasteiger partial charge in [-0.3, -0.25) is 34.1 Å². The molecule has 17 heteroatoms. The molecule has 3 aromatic heterocycles. The minimum atomic E-state index is -4.81. The van der Waals surface area contributed by atoms with Crippen LogP contribution in [-0.2, 0) is 27.0 Å². The van der Waals surface area contributed by atoms with Gasteiger partial charge in [-0.15, -0.1) is 0 Å². The molecule has 2 N–H and O–H groups in total. The lowest BCUT2D eigenvalue weighted by Crippen LogP contribution is -2.56. The van der Waals surface area contributed by atoms with E-state index in [-0.39, 0.29) is 19.0 Å². The molecule has 1 unspecified atom stereocenters. The summed E-state index contributed by atoms with van der Waals surface area (Å²) in [7, 11) is 0. The van der Waals surface area contributed by atoms with E-state index >= 15 is 0 Å². The topological polar surface area (TPSA) is 151 Å². The second-order valence-electron chi connectivity index (χ2n) is 13.3. The van der Waals surface area contributed by atoms with Crippen molar-refractivity contribution in [2.45, 2.75) is 37.6 Å². The number of benzene rings is 1. The Morgan fingerprint density at radius 1 is 1.00 bits per heavy atom. The maximum absolute atomic E-state index is 14.3. The lowest BCUT2D eigenvalue weighted by molar-refractivity contribution is -0.141. The smallest absolute Gasteiger partial charge is 0.378 e. The van der Waals surface area contributed by atoms with Gasteiger partial charge in [0.15, 0.2) is 0 Å². The van der Waals surface area contributed by atoms with Gasteiger partial charge in [0.05, 0.1) is 55.0 Å². The van der Waals surface area contributed by atoms with E-state index in [1.54, 1.807) is 36.0 Å². The molecule has 6 heterocycles. The molecule has 282 valence electrons. The first-order valence-electron chi connectivity index (χ1n) is 17.6. The zero-order chi connectivity index (χ0) is 38.0. The van der Waals surface area contributed by atoms with Crippen LogP contribution in [0.15, 0.2) is 79.1 Å². The number of para-hydroxylation sites is 1. The van der Waals surface area contributed by atoms with Crippen LogP contribution in [0.1, 0.15) is 46.1 Å².